The minimum atomic E-state index is -0.769. The number of ether oxygens (including phenoxy) is 6. The first-order valence-corrected chi connectivity index (χ1v) is 9.09. The molecule has 5 atom stereocenters. The van der Waals surface area contributed by atoms with Gasteiger partial charge in [-0.05, 0) is 40.0 Å². The second-order valence-electron chi connectivity index (χ2n) is 8.32. The molecule has 3 aliphatic heterocycles. The minimum Gasteiger partial charge on any atom is -0.456 e. The van der Waals surface area contributed by atoms with Crippen molar-refractivity contribution in [2.45, 2.75) is 96.7 Å². The summed E-state index contributed by atoms with van der Waals surface area (Å²) in [6.07, 6.45) is -1.27. The number of carbonyl (C=O) groups excluding carboxylic acids is 1. The normalized spacial score (nSPS) is 38.9. The average molecular weight is 358 g/mol. The lowest BCUT2D eigenvalue weighted by Gasteiger charge is -2.28. The Balaban J connectivity index is 1.70. The number of hydrogen-bond donors (Lipinski definition) is 0. The summed E-state index contributed by atoms with van der Waals surface area (Å²) < 4.78 is 35.0. The fraction of sp³-hybridized carbons (Fsp3) is 0.944. The van der Waals surface area contributed by atoms with E-state index in [1.807, 2.05) is 27.7 Å². The maximum atomic E-state index is 12.3. The largest absolute Gasteiger partial charge is 0.456 e. The summed E-state index contributed by atoms with van der Waals surface area (Å²) in [5.74, 6) is -1.26. The van der Waals surface area contributed by atoms with E-state index in [9.17, 15) is 4.79 Å². The molecule has 0 aliphatic carbocycles. The van der Waals surface area contributed by atoms with E-state index in [1.165, 1.54) is 0 Å². The van der Waals surface area contributed by atoms with E-state index in [2.05, 4.69) is 13.8 Å². The number of fused-ring (bicyclic) bond motifs is 1. The van der Waals surface area contributed by atoms with Crippen molar-refractivity contribution in [1.29, 1.82) is 0 Å². The highest BCUT2D eigenvalue weighted by atomic mass is 16.8. The average Bonchev–Trinajstić information content (AvgIpc) is 3.08. The molecule has 3 fully saturated rings. The first-order valence-electron chi connectivity index (χ1n) is 9.09. The maximum Gasteiger partial charge on any atom is 0.306 e. The predicted octanol–water partition coefficient (Wildman–Crippen LogP) is 2.36. The minimum absolute atomic E-state index is 0.251. The Morgan fingerprint density at radius 3 is 2.40 bits per heavy atom. The van der Waals surface area contributed by atoms with Crippen LogP contribution in [0.3, 0.4) is 0 Å². The standard InChI is InChI=1S/C18H30O7/c1-10(2)7-8-12(19)21-14-13(11-9-20-17(3,4)23-11)22-16-15(14)24-18(5,6)25-16/h10-11,13-16H,7-9H2,1-6H3/t11-,13-,14+,15-,16-/m1/s1. The smallest absolute Gasteiger partial charge is 0.306 e. The van der Waals surface area contributed by atoms with Gasteiger partial charge in [0.15, 0.2) is 30.1 Å². The first-order chi connectivity index (χ1) is 11.6. The summed E-state index contributed by atoms with van der Waals surface area (Å²) in [7, 11) is 0. The van der Waals surface area contributed by atoms with Gasteiger partial charge in [0.2, 0.25) is 0 Å². The van der Waals surface area contributed by atoms with Crippen molar-refractivity contribution in [2.75, 3.05) is 6.61 Å². The highest BCUT2D eigenvalue weighted by Gasteiger charge is 2.59. The van der Waals surface area contributed by atoms with Gasteiger partial charge in [-0.3, -0.25) is 4.79 Å². The van der Waals surface area contributed by atoms with Crippen molar-refractivity contribution in [3.63, 3.8) is 0 Å². The van der Waals surface area contributed by atoms with Crippen molar-refractivity contribution in [1.82, 2.24) is 0 Å². The molecule has 144 valence electrons. The second kappa shape index (κ2) is 6.78. The van der Waals surface area contributed by atoms with E-state index in [1.54, 1.807) is 0 Å². The van der Waals surface area contributed by atoms with Crippen LogP contribution >= 0.6 is 0 Å². The lowest BCUT2D eigenvalue weighted by Crippen LogP contribution is -2.45. The topological polar surface area (TPSA) is 72.5 Å². The highest BCUT2D eigenvalue weighted by molar-refractivity contribution is 5.69. The van der Waals surface area contributed by atoms with Crippen LogP contribution in [0.2, 0.25) is 0 Å². The summed E-state index contributed by atoms with van der Waals surface area (Å²) >= 11 is 0. The van der Waals surface area contributed by atoms with Crippen molar-refractivity contribution in [2.24, 2.45) is 5.92 Å². The molecule has 0 radical (unpaired) electrons. The third-order valence-corrected chi connectivity index (χ3v) is 4.62. The van der Waals surface area contributed by atoms with Gasteiger partial charge in [-0.1, -0.05) is 13.8 Å². The molecule has 3 saturated heterocycles. The van der Waals surface area contributed by atoms with Gasteiger partial charge in [0.05, 0.1) is 6.61 Å². The van der Waals surface area contributed by atoms with Gasteiger partial charge >= 0.3 is 5.97 Å². The van der Waals surface area contributed by atoms with Gasteiger partial charge in [-0.25, -0.2) is 0 Å². The zero-order chi connectivity index (χ0) is 18.4. The van der Waals surface area contributed by atoms with Gasteiger partial charge in [0.25, 0.3) is 0 Å². The molecule has 0 aromatic heterocycles. The zero-order valence-corrected chi connectivity index (χ0v) is 15.9. The summed E-state index contributed by atoms with van der Waals surface area (Å²) in [4.78, 5) is 12.3. The second-order valence-corrected chi connectivity index (χ2v) is 8.32. The molecule has 3 aliphatic rings. The molecular formula is C18H30O7. The summed E-state index contributed by atoms with van der Waals surface area (Å²) in [5, 5.41) is 0. The van der Waals surface area contributed by atoms with Crippen molar-refractivity contribution in [3.05, 3.63) is 0 Å². The monoisotopic (exact) mass is 358 g/mol. The molecule has 3 rings (SSSR count). The van der Waals surface area contributed by atoms with Gasteiger partial charge in [-0.2, -0.15) is 0 Å². The molecule has 0 bridgehead atoms. The quantitative estimate of drug-likeness (QED) is 0.699. The third-order valence-electron chi connectivity index (χ3n) is 4.62. The van der Waals surface area contributed by atoms with Crippen LogP contribution in [-0.4, -0.2) is 54.9 Å². The Labute approximate surface area is 149 Å². The summed E-state index contributed by atoms with van der Waals surface area (Å²) in [6.45, 7) is 11.9. The molecule has 7 heteroatoms. The first kappa shape index (κ1) is 19.0. The van der Waals surface area contributed by atoms with Gasteiger partial charge < -0.3 is 28.4 Å². The Morgan fingerprint density at radius 1 is 1.08 bits per heavy atom. The predicted molar refractivity (Wildman–Crippen MR) is 87.6 cm³/mol. The molecule has 0 spiro atoms. The van der Waals surface area contributed by atoms with Crippen molar-refractivity contribution >= 4 is 5.97 Å². The lowest BCUT2D eigenvalue weighted by atomic mass is 10.1. The van der Waals surface area contributed by atoms with Crippen molar-refractivity contribution in [3.8, 4) is 0 Å². The maximum absolute atomic E-state index is 12.3. The van der Waals surface area contributed by atoms with Crippen LogP contribution in [-0.2, 0) is 33.2 Å². The SMILES string of the molecule is CC(C)CCC(=O)O[C@@H]1[C@H]2OC(C)(C)O[C@H]2O[C@@H]1[C@H]1COC(C)(C)O1. The molecule has 0 N–H and O–H groups in total. The molecule has 0 aromatic rings. The Morgan fingerprint density at radius 2 is 1.80 bits per heavy atom. The van der Waals surface area contributed by atoms with Gasteiger partial charge in [0.1, 0.15) is 12.2 Å². The van der Waals surface area contributed by atoms with E-state index in [0.29, 0.717) is 18.9 Å². The van der Waals surface area contributed by atoms with Crippen LogP contribution in [0, 0.1) is 5.92 Å². The molecule has 0 unspecified atom stereocenters. The summed E-state index contributed by atoms with van der Waals surface area (Å²) in [6, 6.07) is 0. The summed E-state index contributed by atoms with van der Waals surface area (Å²) in [5.41, 5.74) is 0. The van der Waals surface area contributed by atoms with Crippen LogP contribution in [0.25, 0.3) is 0 Å². The van der Waals surface area contributed by atoms with Crippen LogP contribution in [0.1, 0.15) is 54.4 Å². The zero-order valence-electron chi connectivity index (χ0n) is 15.9. The Hall–Kier alpha value is -0.730. The molecule has 0 aromatic carbocycles. The van der Waals surface area contributed by atoms with E-state index in [-0.39, 0.29) is 12.1 Å². The molecule has 0 amide bonds. The number of carbonyl (C=O) groups is 1. The van der Waals surface area contributed by atoms with Crippen molar-refractivity contribution < 1.29 is 33.2 Å². The number of rotatable bonds is 5. The van der Waals surface area contributed by atoms with E-state index >= 15 is 0 Å². The van der Waals surface area contributed by atoms with Crippen LogP contribution < -0.4 is 0 Å². The molecule has 0 saturated carbocycles. The molecule has 7 nitrogen and oxygen atoms in total. The number of esters is 1. The fourth-order valence-corrected chi connectivity index (χ4v) is 3.43. The Kier molecular flexibility index (Phi) is 5.16. The third kappa shape index (κ3) is 4.34. The molecule has 25 heavy (non-hydrogen) atoms. The van der Waals surface area contributed by atoms with Gasteiger partial charge in [-0.15, -0.1) is 0 Å². The van der Waals surface area contributed by atoms with Crippen LogP contribution in [0.5, 0.6) is 0 Å². The number of hydrogen-bond acceptors (Lipinski definition) is 7. The highest BCUT2D eigenvalue weighted by Crippen LogP contribution is 2.42. The molecule has 3 heterocycles. The fourth-order valence-electron chi connectivity index (χ4n) is 3.43. The van der Waals surface area contributed by atoms with Gasteiger partial charge in [0, 0.05) is 6.42 Å². The van der Waals surface area contributed by atoms with Crippen LogP contribution in [0.15, 0.2) is 0 Å². The molecular weight excluding hydrogens is 328 g/mol. The van der Waals surface area contributed by atoms with E-state index in [0.717, 1.165) is 6.42 Å². The lowest BCUT2D eigenvalue weighted by molar-refractivity contribution is -0.235. The van der Waals surface area contributed by atoms with E-state index in [4.69, 9.17) is 28.4 Å². The van der Waals surface area contributed by atoms with Crippen LogP contribution in [0.4, 0.5) is 0 Å². The van der Waals surface area contributed by atoms with E-state index < -0.39 is 36.2 Å². The Bertz CT molecular complexity index is 502.